The Kier molecular flexibility index (Phi) is 10.7. The summed E-state index contributed by atoms with van der Waals surface area (Å²) in [6.07, 6.45) is 1.94. The summed E-state index contributed by atoms with van der Waals surface area (Å²) in [6, 6.07) is 63.9. The van der Waals surface area contributed by atoms with Crippen molar-refractivity contribution < 1.29 is 4.74 Å². The molecule has 0 spiro atoms. The number of hydrogen-bond donors (Lipinski definition) is 0. The van der Waals surface area contributed by atoms with Crippen molar-refractivity contribution in [3.8, 4) is 17.3 Å². The Bertz CT molecular complexity index is 3280. The third-order valence-electron chi connectivity index (χ3n) is 14.2. The van der Waals surface area contributed by atoms with Gasteiger partial charge in [-0.15, -0.1) is 0 Å². The van der Waals surface area contributed by atoms with Gasteiger partial charge in [-0.2, -0.15) is 0 Å². The van der Waals surface area contributed by atoms with Crippen LogP contribution in [0.3, 0.4) is 0 Å². The fourth-order valence-electron chi connectivity index (χ4n) is 9.82. The monoisotopic (exact) mass is 878 g/mol. The van der Waals surface area contributed by atoms with Gasteiger partial charge < -0.3 is 14.5 Å². The van der Waals surface area contributed by atoms with E-state index in [2.05, 4.69) is 260 Å². The van der Waals surface area contributed by atoms with Crippen molar-refractivity contribution in [2.75, 3.05) is 16.5 Å². The van der Waals surface area contributed by atoms with E-state index in [1.165, 1.54) is 50.1 Å². The highest BCUT2D eigenvalue weighted by atomic mass is 16.5. The maximum absolute atomic E-state index is 6.86. The van der Waals surface area contributed by atoms with Crippen LogP contribution in [0.4, 0.5) is 22.7 Å². The molecule has 10 rings (SSSR count). The topological polar surface area (TPSA) is 33.5 Å². The van der Waals surface area contributed by atoms with Gasteiger partial charge in [0.15, 0.2) is 0 Å². The van der Waals surface area contributed by atoms with Crippen molar-refractivity contribution >= 4 is 44.6 Å². The number of pyridine rings is 1. The van der Waals surface area contributed by atoms with Crippen LogP contribution in [0.1, 0.15) is 103 Å². The first kappa shape index (κ1) is 43.8. The zero-order valence-corrected chi connectivity index (χ0v) is 40.7. The Morgan fingerprint density at radius 1 is 0.403 bits per heavy atom. The number of hydrogen-bond acceptors (Lipinski definition) is 4. The normalized spacial score (nSPS) is 13.4. The van der Waals surface area contributed by atoms with E-state index in [0.29, 0.717) is 6.67 Å². The third-order valence-corrected chi connectivity index (χ3v) is 14.2. The van der Waals surface area contributed by atoms with E-state index in [-0.39, 0.29) is 21.7 Å². The number of rotatable bonds is 9. The van der Waals surface area contributed by atoms with Gasteiger partial charge in [0.05, 0.1) is 22.4 Å². The lowest BCUT2D eigenvalue weighted by molar-refractivity contribution is 0.483. The van der Waals surface area contributed by atoms with Gasteiger partial charge in [-0.05, 0) is 117 Å². The summed E-state index contributed by atoms with van der Waals surface area (Å²) in [6.45, 7) is 23.6. The molecule has 0 aliphatic carbocycles. The average molecular weight is 879 g/mol. The van der Waals surface area contributed by atoms with Crippen LogP contribution in [-0.4, -0.2) is 16.2 Å². The van der Waals surface area contributed by atoms with Gasteiger partial charge in [-0.3, -0.25) is 4.57 Å². The predicted molar refractivity (Wildman–Crippen MR) is 282 cm³/mol. The first-order chi connectivity index (χ1) is 32.0. The molecule has 0 amide bonds. The van der Waals surface area contributed by atoms with Gasteiger partial charge in [0.25, 0.3) is 0 Å². The number of anilines is 4. The predicted octanol–water partition coefficient (Wildman–Crippen LogP) is 16.5. The standard InChI is InChI=1S/C62H62N4O/c1-59(2,3)44-32-33-63-58(38-44)66-54-31-28-45(61(7,8)42-20-13-11-14-21-42)37-53(54)52-30-29-51(40-57(52)66)67-50-25-19-24-48(39-50)64-41-65(56-27-18-17-26-55(56)64)49-35-46(60(4,5)6)34-47(36-49)62(9,10)43-22-15-12-16-23-43/h11-40H,41H2,1-10H3. The van der Waals surface area contributed by atoms with E-state index >= 15 is 0 Å². The Morgan fingerprint density at radius 2 is 1.00 bits per heavy atom. The summed E-state index contributed by atoms with van der Waals surface area (Å²) in [5.74, 6) is 2.43. The van der Waals surface area contributed by atoms with Crippen LogP contribution in [0, 0.1) is 0 Å². The van der Waals surface area contributed by atoms with Crippen LogP contribution in [0.15, 0.2) is 182 Å². The van der Waals surface area contributed by atoms with E-state index in [1.807, 2.05) is 6.20 Å². The van der Waals surface area contributed by atoms with Gasteiger partial charge in [0, 0.05) is 51.3 Å². The highest BCUT2D eigenvalue weighted by Gasteiger charge is 2.32. The average Bonchev–Trinajstić information content (AvgIpc) is 3.87. The van der Waals surface area contributed by atoms with E-state index in [4.69, 9.17) is 9.72 Å². The van der Waals surface area contributed by atoms with Crippen molar-refractivity contribution in [1.29, 1.82) is 0 Å². The van der Waals surface area contributed by atoms with Crippen molar-refractivity contribution in [3.63, 3.8) is 0 Å². The van der Waals surface area contributed by atoms with Crippen molar-refractivity contribution in [1.82, 2.24) is 9.55 Å². The van der Waals surface area contributed by atoms with Crippen LogP contribution in [0.5, 0.6) is 11.5 Å². The number of fused-ring (bicyclic) bond motifs is 4. The highest BCUT2D eigenvalue weighted by Crippen LogP contribution is 2.47. The molecule has 7 aromatic carbocycles. The van der Waals surface area contributed by atoms with Gasteiger partial charge in [0.1, 0.15) is 24.0 Å². The lowest BCUT2D eigenvalue weighted by Gasteiger charge is -2.31. The van der Waals surface area contributed by atoms with Crippen molar-refractivity contribution in [2.24, 2.45) is 0 Å². The van der Waals surface area contributed by atoms with Crippen molar-refractivity contribution in [3.05, 3.63) is 216 Å². The fourth-order valence-corrected chi connectivity index (χ4v) is 9.82. The van der Waals surface area contributed by atoms with E-state index in [0.717, 1.165) is 45.1 Å². The van der Waals surface area contributed by atoms with Crippen molar-refractivity contribution in [2.45, 2.75) is 90.9 Å². The minimum atomic E-state index is -0.187. The van der Waals surface area contributed by atoms with Crippen LogP contribution in [0.2, 0.25) is 0 Å². The summed E-state index contributed by atoms with van der Waals surface area (Å²) in [5, 5.41) is 2.35. The zero-order valence-electron chi connectivity index (χ0n) is 40.7. The molecule has 0 bridgehead atoms. The second-order valence-electron chi connectivity index (χ2n) is 21.5. The summed E-state index contributed by atoms with van der Waals surface area (Å²) >= 11 is 0. The number of nitrogens with zero attached hydrogens (tertiary/aromatic N) is 4. The van der Waals surface area contributed by atoms with E-state index < -0.39 is 0 Å². The Labute approximate surface area is 397 Å². The molecule has 1 aliphatic heterocycles. The smallest absolute Gasteiger partial charge is 0.137 e. The summed E-state index contributed by atoms with van der Waals surface area (Å²) in [4.78, 5) is 9.85. The number of para-hydroxylation sites is 2. The second-order valence-corrected chi connectivity index (χ2v) is 21.5. The molecular weight excluding hydrogens is 817 g/mol. The minimum Gasteiger partial charge on any atom is -0.457 e. The largest absolute Gasteiger partial charge is 0.457 e. The molecular formula is C62H62N4O. The number of benzene rings is 7. The molecule has 0 radical (unpaired) electrons. The van der Waals surface area contributed by atoms with Gasteiger partial charge in [-0.1, -0.05) is 160 Å². The van der Waals surface area contributed by atoms with Crippen LogP contribution >= 0.6 is 0 Å². The Balaban J connectivity index is 1.02. The van der Waals surface area contributed by atoms with Gasteiger partial charge in [-0.25, -0.2) is 4.98 Å². The molecule has 5 nitrogen and oxygen atoms in total. The second kappa shape index (κ2) is 16.3. The maximum Gasteiger partial charge on any atom is 0.137 e. The lowest BCUT2D eigenvalue weighted by atomic mass is 9.75. The minimum absolute atomic E-state index is 0.0330. The highest BCUT2D eigenvalue weighted by molar-refractivity contribution is 6.10. The van der Waals surface area contributed by atoms with E-state index in [9.17, 15) is 0 Å². The first-order valence-electron chi connectivity index (χ1n) is 23.7. The molecule has 0 saturated heterocycles. The molecule has 0 saturated carbocycles. The summed E-state index contributed by atoms with van der Waals surface area (Å²) in [7, 11) is 0. The lowest BCUT2D eigenvalue weighted by Crippen LogP contribution is -2.26. The Hall–Kier alpha value is -7.11. The molecule has 0 N–H and O–H groups in total. The molecule has 1 aliphatic rings. The van der Waals surface area contributed by atoms with Crippen LogP contribution in [-0.2, 0) is 21.7 Å². The molecule has 3 heterocycles. The zero-order chi connectivity index (χ0) is 46.9. The quantitative estimate of drug-likeness (QED) is 0.145. The van der Waals surface area contributed by atoms with Gasteiger partial charge in [0.2, 0.25) is 0 Å². The molecule has 5 heteroatoms. The maximum atomic E-state index is 6.86. The SMILES string of the molecule is CC(C)(C)c1cc(N2CN(c3cccc(Oc4ccc5c6cc(C(C)(C)c7ccccc7)ccc6n(-c6cc(C(C)(C)C)ccn6)c5c4)c3)c3ccccc32)cc(C(C)(C)c2ccccc2)c1. The third kappa shape index (κ3) is 8.05. The molecule has 0 atom stereocenters. The van der Waals surface area contributed by atoms with Crippen LogP contribution in [0.25, 0.3) is 27.6 Å². The number of ether oxygens (including phenoxy) is 1. The summed E-state index contributed by atoms with van der Waals surface area (Å²) < 4.78 is 9.17. The van der Waals surface area contributed by atoms with Gasteiger partial charge >= 0.3 is 0 Å². The first-order valence-corrected chi connectivity index (χ1v) is 23.7. The molecule has 0 fully saturated rings. The van der Waals surface area contributed by atoms with Crippen LogP contribution < -0.4 is 14.5 Å². The molecule has 9 aromatic rings. The molecule has 336 valence electrons. The molecule has 67 heavy (non-hydrogen) atoms. The van der Waals surface area contributed by atoms with E-state index in [1.54, 1.807) is 0 Å². The molecule has 2 aromatic heterocycles. The fraction of sp³-hybridized carbons (Fsp3) is 0.242. The molecule has 0 unspecified atom stereocenters. The number of aromatic nitrogens is 2. The Morgan fingerprint density at radius 3 is 1.66 bits per heavy atom. The summed E-state index contributed by atoms with van der Waals surface area (Å²) in [5.41, 5.74) is 14.0.